The molecule has 2 aromatic rings. The highest BCUT2D eigenvalue weighted by Gasteiger charge is 2.18. The van der Waals surface area contributed by atoms with E-state index in [0.29, 0.717) is 23.0 Å². The SMILES string of the molecule is Cc1nc(COc2ccc(C(=O)N3CCSCC3)cc2)no1. The first-order valence-corrected chi connectivity index (χ1v) is 8.27. The minimum atomic E-state index is 0.0839. The van der Waals surface area contributed by atoms with Gasteiger partial charge in [-0.1, -0.05) is 5.16 Å². The van der Waals surface area contributed by atoms with Gasteiger partial charge < -0.3 is 14.2 Å². The molecule has 0 spiro atoms. The maximum absolute atomic E-state index is 12.3. The smallest absolute Gasteiger partial charge is 0.253 e. The second-order valence-electron chi connectivity index (χ2n) is 4.95. The van der Waals surface area contributed by atoms with Crippen LogP contribution in [0, 0.1) is 6.92 Å². The topological polar surface area (TPSA) is 68.5 Å². The predicted octanol–water partition coefficient (Wildman–Crippen LogP) is 2.15. The van der Waals surface area contributed by atoms with Crippen LogP contribution in [0.4, 0.5) is 0 Å². The molecule has 1 aliphatic rings. The quantitative estimate of drug-likeness (QED) is 0.860. The molecule has 0 unspecified atom stereocenters. The van der Waals surface area contributed by atoms with Crippen molar-refractivity contribution in [3.05, 3.63) is 41.5 Å². The lowest BCUT2D eigenvalue weighted by Gasteiger charge is -2.26. The fourth-order valence-electron chi connectivity index (χ4n) is 2.19. The number of amides is 1. The van der Waals surface area contributed by atoms with Crippen LogP contribution >= 0.6 is 11.8 Å². The molecule has 1 amide bonds. The summed E-state index contributed by atoms with van der Waals surface area (Å²) in [7, 11) is 0. The van der Waals surface area contributed by atoms with Crippen LogP contribution in [-0.4, -0.2) is 45.5 Å². The molecule has 0 aliphatic carbocycles. The average Bonchev–Trinajstić information content (AvgIpc) is 2.99. The predicted molar refractivity (Wildman–Crippen MR) is 83.0 cm³/mol. The minimum Gasteiger partial charge on any atom is -0.485 e. The Hall–Kier alpha value is -2.02. The van der Waals surface area contributed by atoms with Crippen LogP contribution in [0.3, 0.4) is 0 Å². The normalized spacial score (nSPS) is 14.9. The summed E-state index contributed by atoms with van der Waals surface area (Å²) < 4.78 is 10.5. The molecule has 1 saturated heterocycles. The number of carbonyl (C=O) groups excluding carboxylic acids is 1. The molecule has 1 aromatic heterocycles. The molecule has 0 radical (unpaired) electrons. The van der Waals surface area contributed by atoms with E-state index < -0.39 is 0 Å². The molecule has 0 bridgehead atoms. The molecular formula is C15H17N3O3S. The average molecular weight is 319 g/mol. The number of carbonyl (C=O) groups is 1. The van der Waals surface area contributed by atoms with E-state index in [-0.39, 0.29) is 12.5 Å². The second kappa shape index (κ2) is 6.83. The number of hydrogen-bond donors (Lipinski definition) is 0. The number of benzene rings is 1. The lowest BCUT2D eigenvalue weighted by molar-refractivity contribution is 0.0772. The van der Waals surface area contributed by atoms with Crippen molar-refractivity contribution < 1.29 is 14.1 Å². The van der Waals surface area contributed by atoms with Gasteiger partial charge in [0, 0.05) is 37.1 Å². The van der Waals surface area contributed by atoms with Crippen molar-refractivity contribution in [1.29, 1.82) is 0 Å². The Labute approximate surface area is 132 Å². The molecule has 1 aromatic carbocycles. The Morgan fingerprint density at radius 3 is 2.68 bits per heavy atom. The first-order chi connectivity index (χ1) is 10.7. The first-order valence-electron chi connectivity index (χ1n) is 7.11. The Morgan fingerprint density at radius 1 is 1.32 bits per heavy atom. The van der Waals surface area contributed by atoms with Gasteiger partial charge in [0.2, 0.25) is 11.7 Å². The largest absolute Gasteiger partial charge is 0.485 e. The molecule has 0 saturated carbocycles. The van der Waals surface area contributed by atoms with E-state index in [1.54, 1.807) is 31.2 Å². The molecular weight excluding hydrogens is 302 g/mol. The van der Waals surface area contributed by atoms with Crippen molar-refractivity contribution in [3.8, 4) is 5.75 Å². The van der Waals surface area contributed by atoms with Gasteiger partial charge in [-0.15, -0.1) is 0 Å². The van der Waals surface area contributed by atoms with Crippen LogP contribution in [0.2, 0.25) is 0 Å². The fraction of sp³-hybridized carbons (Fsp3) is 0.400. The molecule has 7 heteroatoms. The zero-order valence-electron chi connectivity index (χ0n) is 12.3. The Balaban J connectivity index is 1.58. The highest BCUT2D eigenvalue weighted by Crippen LogP contribution is 2.17. The third-order valence-corrected chi connectivity index (χ3v) is 4.28. The third kappa shape index (κ3) is 3.59. The number of thioether (sulfide) groups is 1. The summed E-state index contributed by atoms with van der Waals surface area (Å²) in [6.07, 6.45) is 0. The monoisotopic (exact) mass is 319 g/mol. The second-order valence-corrected chi connectivity index (χ2v) is 6.17. The number of ether oxygens (including phenoxy) is 1. The number of hydrogen-bond acceptors (Lipinski definition) is 6. The molecule has 0 N–H and O–H groups in total. The summed E-state index contributed by atoms with van der Waals surface area (Å²) >= 11 is 1.89. The van der Waals surface area contributed by atoms with E-state index >= 15 is 0 Å². The number of nitrogens with zero attached hydrogens (tertiary/aromatic N) is 3. The summed E-state index contributed by atoms with van der Waals surface area (Å²) in [5.74, 6) is 3.80. The van der Waals surface area contributed by atoms with Crippen LogP contribution in [0.25, 0.3) is 0 Å². The van der Waals surface area contributed by atoms with Crippen molar-refractivity contribution in [1.82, 2.24) is 15.0 Å². The van der Waals surface area contributed by atoms with Gasteiger partial charge in [-0.3, -0.25) is 4.79 Å². The maximum atomic E-state index is 12.3. The number of aryl methyl sites for hydroxylation is 1. The molecule has 116 valence electrons. The molecule has 6 nitrogen and oxygen atoms in total. The summed E-state index contributed by atoms with van der Waals surface area (Å²) in [5.41, 5.74) is 0.689. The van der Waals surface area contributed by atoms with Crippen LogP contribution in [0.1, 0.15) is 22.1 Å². The molecule has 1 fully saturated rings. The third-order valence-electron chi connectivity index (χ3n) is 3.34. The fourth-order valence-corrected chi connectivity index (χ4v) is 3.09. The van der Waals surface area contributed by atoms with Crippen molar-refractivity contribution in [2.24, 2.45) is 0 Å². The van der Waals surface area contributed by atoms with Gasteiger partial charge in [0.15, 0.2) is 6.61 Å². The van der Waals surface area contributed by atoms with Crippen LogP contribution in [0.5, 0.6) is 5.75 Å². The number of rotatable bonds is 4. The minimum absolute atomic E-state index is 0.0839. The maximum Gasteiger partial charge on any atom is 0.253 e. The van der Waals surface area contributed by atoms with E-state index in [2.05, 4.69) is 10.1 Å². The lowest BCUT2D eigenvalue weighted by Crippen LogP contribution is -2.37. The van der Waals surface area contributed by atoms with E-state index in [9.17, 15) is 4.79 Å². The van der Waals surface area contributed by atoms with Crippen molar-refractivity contribution in [2.75, 3.05) is 24.6 Å². The Kier molecular flexibility index (Phi) is 4.62. The Bertz CT molecular complexity index is 636. The van der Waals surface area contributed by atoms with Crippen LogP contribution < -0.4 is 4.74 Å². The molecule has 22 heavy (non-hydrogen) atoms. The molecule has 0 atom stereocenters. The van der Waals surface area contributed by atoms with E-state index in [1.807, 2.05) is 16.7 Å². The number of aromatic nitrogens is 2. The lowest BCUT2D eigenvalue weighted by atomic mass is 10.2. The molecule has 1 aliphatic heterocycles. The highest BCUT2D eigenvalue weighted by atomic mass is 32.2. The summed E-state index contributed by atoms with van der Waals surface area (Å²) in [4.78, 5) is 18.3. The summed E-state index contributed by atoms with van der Waals surface area (Å²) in [6, 6.07) is 7.17. The van der Waals surface area contributed by atoms with Gasteiger partial charge in [-0.05, 0) is 24.3 Å². The van der Waals surface area contributed by atoms with Gasteiger partial charge in [-0.25, -0.2) is 0 Å². The van der Waals surface area contributed by atoms with E-state index in [4.69, 9.17) is 9.26 Å². The van der Waals surface area contributed by atoms with E-state index in [1.165, 1.54) is 0 Å². The van der Waals surface area contributed by atoms with Crippen LogP contribution in [0.15, 0.2) is 28.8 Å². The van der Waals surface area contributed by atoms with Gasteiger partial charge >= 0.3 is 0 Å². The molecule has 3 rings (SSSR count). The van der Waals surface area contributed by atoms with Crippen LogP contribution in [-0.2, 0) is 6.61 Å². The van der Waals surface area contributed by atoms with Gasteiger partial charge in [0.1, 0.15) is 5.75 Å². The van der Waals surface area contributed by atoms with Gasteiger partial charge in [0.05, 0.1) is 0 Å². The van der Waals surface area contributed by atoms with Gasteiger partial charge in [-0.2, -0.15) is 16.7 Å². The van der Waals surface area contributed by atoms with Crippen molar-refractivity contribution >= 4 is 17.7 Å². The Morgan fingerprint density at radius 2 is 2.05 bits per heavy atom. The zero-order chi connectivity index (χ0) is 15.4. The standard InChI is InChI=1S/C15H17N3O3S/c1-11-16-14(17-21-11)10-20-13-4-2-12(3-5-13)15(19)18-6-8-22-9-7-18/h2-5H,6-10H2,1H3. The molecule has 2 heterocycles. The zero-order valence-corrected chi connectivity index (χ0v) is 13.1. The highest BCUT2D eigenvalue weighted by molar-refractivity contribution is 7.99. The van der Waals surface area contributed by atoms with Crippen molar-refractivity contribution in [2.45, 2.75) is 13.5 Å². The first kappa shape index (κ1) is 14.9. The van der Waals surface area contributed by atoms with Gasteiger partial charge in [0.25, 0.3) is 5.91 Å². The van der Waals surface area contributed by atoms with Crippen molar-refractivity contribution in [3.63, 3.8) is 0 Å². The summed E-state index contributed by atoms with van der Waals surface area (Å²) in [6.45, 7) is 3.61. The van der Waals surface area contributed by atoms with E-state index in [0.717, 1.165) is 24.6 Å². The summed E-state index contributed by atoms with van der Waals surface area (Å²) in [5, 5.41) is 3.76.